The van der Waals surface area contributed by atoms with Gasteiger partial charge in [0.05, 0.1) is 0 Å². The van der Waals surface area contributed by atoms with Crippen molar-refractivity contribution in [1.82, 2.24) is 26.6 Å². The van der Waals surface area contributed by atoms with Crippen molar-refractivity contribution in [3.8, 4) is 0 Å². The van der Waals surface area contributed by atoms with E-state index in [4.69, 9.17) is 0 Å². The fraction of sp³-hybridized carbons (Fsp3) is 0.318. The average Bonchev–Trinajstić information content (AvgIpc) is 3.34. The number of aryl methyl sites for hydroxylation is 1. The minimum atomic E-state index is -1.06. The number of hydrogen-bond acceptors (Lipinski definition) is 5. The quantitative estimate of drug-likeness (QED) is 0.545. The van der Waals surface area contributed by atoms with Gasteiger partial charge in [0.1, 0.15) is 11.6 Å². The first-order valence-electron chi connectivity index (χ1n) is 10.0. The van der Waals surface area contributed by atoms with E-state index in [1.807, 2.05) is 60.7 Å². The lowest BCUT2D eigenvalue weighted by molar-refractivity contribution is -0.139. The summed E-state index contributed by atoms with van der Waals surface area (Å²) in [5.74, 6) is -0.890. The number of imide groups is 1. The van der Waals surface area contributed by atoms with Gasteiger partial charge in [-0.15, -0.1) is 0 Å². The highest BCUT2D eigenvalue weighted by molar-refractivity contribution is 6.07. The fourth-order valence-electron chi connectivity index (χ4n) is 3.81. The van der Waals surface area contributed by atoms with Crippen molar-refractivity contribution in [1.29, 1.82) is 0 Å². The molecular formula is C22H25N5O3. The van der Waals surface area contributed by atoms with Gasteiger partial charge < -0.3 is 5.32 Å². The fourth-order valence-corrected chi connectivity index (χ4v) is 3.81. The van der Waals surface area contributed by atoms with E-state index in [1.165, 1.54) is 0 Å². The number of hydrazine groups is 2. The third-order valence-corrected chi connectivity index (χ3v) is 5.66. The average molecular weight is 407 g/mol. The van der Waals surface area contributed by atoms with Crippen LogP contribution >= 0.6 is 0 Å². The third kappa shape index (κ3) is 4.05. The predicted octanol–water partition coefficient (Wildman–Crippen LogP) is 1.57. The first-order chi connectivity index (χ1) is 14.5. The summed E-state index contributed by atoms with van der Waals surface area (Å²) in [5, 5.41) is 3.51. The van der Waals surface area contributed by atoms with E-state index in [0.717, 1.165) is 16.1 Å². The molecule has 2 aromatic carbocycles. The number of carbonyl (C=O) groups is 3. The molecule has 3 atom stereocenters. The number of hydrogen-bond donors (Lipinski definition) is 4. The second-order valence-corrected chi connectivity index (χ2v) is 7.90. The molecule has 8 nitrogen and oxygen atoms in total. The monoisotopic (exact) mass is 407 g/mol. The molecule has 2 aliphatic rings. The molecule has 30 heavy (non-hydrogen) atoms. The van der Waals surface area contributed by atoms with E-state index >= 15 is 0 Å². The Kier molecular flexibility index (Phi) is 5.52. The molecule has 3 unspecified atom stereocenters. The molecular weight excluding hydrogens is 382 g/mol. The van der Waals surface area contributed by atoms with Gasteiger partial charge in [-0.2, -0.15) is 5.01 Å². The summed E-state index contributed by atoms with van der Waals surface area (Å²) in [6.07, 6.45) is 1.58. The molecule has 8 heteroatoms. The van der Waals surface area contributed by atoms with Crippen molar-refractivity contribution in [3.05, 3.63) is 71.8 Å². The number of nitrogens with one attached hydrogen (secondary N) is 4. The largest absolute Gasteiger partial charge is 0.344 e. The van der Waals surface area contributed by atoms with Crippen molar-refractivity contribution in [2.45, 2.75) is 43.8 Å². The number of benzene rings is 2. The molecule has 0 saturated carbocycles. The summed E-state index contributed by atoms with van der Waals surface area (Å²) in [6, 6.07) is 18.3. The van der Waals surface area contributed by atoms with Gasteiger partial charge >= 0.3 is 6.03 Å². The van der Waals surface area contributed by atoms with E-state index in [1.54, 1.807) is 6.92 Å². The van der Waals surface area contributed by atoms with Crippen LogP contribution in [0.1, 0.15) is 36.9 Å². The van der Waals surface area contributed by atoms with Crippen molar-refractivity contribution in [2.75, 3.05) is 0 Å². The molecule has 2 heterocycles. The van der Waals surface area contributed by atoms with Crippen LogP contribution in [0.15, 0.2) is 60.7 Å². The highest BCUT2D eigenvalue weighted by Crippen LogP contribution is 2.24. The predicted molar refractivity (Wildman–Crippen MR) is 111 cm³/mol. The van der Waals surface area contributed by atoms with Crippen LogP contribution in [0.5, 0.6) is 0 Å². The Morgan fingerprint density at radius 3 is 2.43 bits per heavy atom. The van der Waals surface area contributed by atoms with Crippen LogP contribution in [-0.4, -0.2) is 34.4 Å². The number of nitrogens with zero attached hydrogens (tertiary/aromatic N) is 1. The smallest absolute Gasteiger partial charge is 0.322 e. The van der Waals surface area contributed by atoms with Crippen molar-refractivity contribution < 1.29 is 14.4 Å². The van der Waals surface area contributed by atoms with E-state index in [0.29, 0.717) is 19.3 Å². The lowest BCUT2D eigenvalue weighted by atomic mass is 9.93. The maximum absolute atomic E-state index is 12.9. The summed E-state index contributed by atoms with van der Waals surface area (Å²) >= 11 is 0. The maximum Gasteiger partial charge on any atom is 0.344 e. The SMILES string of the molecule is CC1(CCc2ccccc2)NC(=O)N(NC(=O)C2CC(c3ccccc3)NN2)C1=O. The van der Waals surface area contributed by atoms with Gasteiger partial charge in [-0.25, -0.2) is 15.6 Å². The first kappa shape index (κ1) is 20.1. The van der Waals surface area contributed by atoms with E-state index < -0.39 is 29.4 Å². The van der Waals surface area contributed by atoms with Gasteiger partial charge in [0.25, 0.3) is 11.8 Å². The summed E-state index contributed by atoms with van der Waals surface area (Å²) < 4.78 is 0. The summed E-state index contributed by atoms with van der Waals surface area (Å²) in [7, 11) is 0. The summed E-state index contributed by atoms with van der Waals surface area (Å²) in [5.41, 5.74) is 9.59. The molecule has 0 radical (unpaired) electrons. The lowest BCUT2D eigenvalue weighted by Crippen LogP contribution is -2.53. The zero-order chi connectivity index (χ0) is 21.1. The molecule has 0 spiro atoms. The molecule has 0 aliphatic carbocycles. The first-order valence-corrected chi connectivity index (χ1v) is 10.0. The molecule has 4 N–H and O–H groups in total. The van der Waals surface area contributed by atoms with Crippen LogP contribution in [0.2, 0.25) is 0 Å². The second kappa shape index (κ2) is 8.25. The van der Waals surface area contributed by atoms with Gasteiger partial charge in [-0.1, -0.05) is 60.7 Å². The van der Waals surface area contributed by atoms with Crippen LogP contribution in [0.25, 0.3) is 0 Å². The number of rotatable bonds is 6. The molecule has 4 rings (SSSR count). The third-order valence-electron chi connectivity index (χ3n) is 5.66. The van der Waals surface area contributed by atoms with Crippen LogP contribution < -0.4 is 21.6 Å². The molecule has 156 valence electrons. The molecule has 2 aliphatic heterocycles. The summed E-state index contributed by atoms with van der Waals surface area (Å²) in [6.45, 7) is 1.68. The number of urea groups is 1. The zero-order valence-electron chi connectivity index (χ0n) is 16.7. The molecule has 4 amide bonds. The molecule has 0 aromatic heterocycles. The van der Waals surface area contributed by atoms with E-state index in [9.17, 15) is 14.4 Å². The standard InChI is InChI=1S/C22H25N5O3/c1-22(13-12-15-8-4-2-5-9-15)20(29)27(21(30)23-22)26-19(28)18-14-17(24-25-18)16-10-6-3-7-11-16/h2-11,17-18,24-25H,12-14H2,1H3,(H,23,30)(H,26,28). The normalized spacial score (nSPS) is 26.0. The van der Waals surface area contributed by atoms with Crippen molar-refractivity contribution in [3.63, 3.8) is 0 Å². The van der Waals surface area contributed by atoms with Gasteiger partial charge in [0.2, 0.25) is 0 Å². The van der Waals surface area contributed by atoms with E-state index in [2.05, 4.69) is 21.6 Å². The minimum Gasteiger partial charge on any atom is -0.322 e. The Balaban J connectivity index is 1.35. The van der Waals surface area contributed by atoms with Crippen LogP contribution in [0.3, 0.4) is 0 Å². The highest BCUT2D eigenvalue weighted by atomic mass is 16.2. The Morgan fingerprint density at radius 2 is 1.73 bits per heavy atom. The van der Waals surface area contributed by atoms with Crippen molar-refractivity contribution in [2.24, 2.45) is 0 Å². The van der Waals surface area contributed by atoms with Crippen molar-refractivity contribution >= 4 is 17.8 Å². The highest BCUT2D eigenvalue weighted by Gasteiger charge is 2.49. The van der Waals surface area contributed by atoms with Gasteiger partial charge in [-0.05, 0) is 37.3 Å². The van der Waals surface area contributed by atoms with Crippen LogP contribution in [0.4, 0.5) is 4.79 Å². The molecule has 2 fully saturated rings. The second-order valence-electron chi connectivity index (χ2n) is 7.90. The number of amides is 4. The molecule has 0 bridgehead atoms. The van der Waals surface area contributed by atoms with Gasteiger partial charge in [-0.3, -0.25) is 15.0 Å². The summed E-state index contributed by atoms with van der Waals surface area (Å²) in [4.78, 5) is 38.0. The van der Waals surface area contributed by atoms with Gasteiger partial charge in [0.15, 0.2) is 0 Å². The van der Waals surface area contributed by atoms with Crippen LogP contribution in [-0.2, 0) is 16.0 Å². The minimum absolute atomic E-state index is 0.0267. The van der Waals surface area contributed by atoms with Crippen LogP contribution in [0, 0.1) is 0 Å². The topological polar surface area (TPSA) is 103 Å². The molecule has 2 saturated heterocycles. The Morgan fingerprint density at radius 1 is 1.07 bits per heavy atom. The van der Waals surface area contributed by atoms with E-state index in [-0.39, 0.29) is 6.04 Å². The Hall–Kier alpha value is -3.23. The maximum atomic E-state index is 12.9. The van der Waals surface area contributed by atoms with Gasteiger partial charge in [0, 0.05) is 6.04 Å². The number of carbonyl (C=O) groups excluding carboxylic acids is 3. The Labute approximate surface area is 175 Å². The lowest BCUT2D eigenvalue weighted by Gasteiger charge is -2.22. The zero-order valence-corrected chi connectivity index (χ0v) is 16.7. The molecule has 2 aromatic rings. The Bertz CT molecular complexity index is 936.